The second kappa shape index (κ2) is 4.79. The van der Waals surface area contributed by atoms with Crippen molar-refractivity contribution in [1.29, 1.82) is 5.41 Å². The van der Waals surface area contributed by atoms with E-state index in [0.29, 0.717) is 19.1 Å². The fraction of sp³-hybridized carbons (Fsp3) is 0.300. The molecule has 0 saturated carbocycles. The third-order valence-corrected chi connectivity index (χ3v) is 2.06. The van der Waals surface area contributed by atoms with Gasteiger partial charge in [-0.3, -0.25) is 5.41 Å². The normalized spacial score (nSPS) is 13.2. The van der Waals surface area contributed by atoms with Gasteiger partial charge in [0.05, 0.1) is 0 Å². The number of ether oxygens (including phenoxy) is 1. The minimum absolute atomic E-state index is 0.281. The molecule has 0 saturated heterocycles. The Morgan fingerprint density at radius 1 is 1.28 bits per heavy atom. The number of nitrogens with two attached hydrogens (primary N) is 1. The molecule has 0 spiro atoms. The van der Waals surface area contributed by atoms with Gasteiger partial charge in [0.2, 0.25) is 0 Å². The number of hydrogen-bond acceptors (Lipinski definition) is 2. The van der Waals surface area contributed by atoms with Crippen molar-refractivity contribution >= 4 is 5.84 Å². The summed E-state index contributed by atoms with van der Waals surface area (Å²) in [6, 6.07) is 1.26. The van der Waals surface area contributed by atoms with Crippen molar-refractivity contribution in [3.63, 3.8) is 0 Å². The van der Waals surface area contributed by atoms with E-state index in [-0.39, 0.29) is 5.56 Å². The highest BCUT2D eigenvalue weighted by atomic mass is 19.4. The number of halogens is 5. The summed E-state index contributed by atoms with van der Waals surface area (Å²) in [5.74, 6) is -4.46. The average Bonchev–Trinajstić information content (AvgIpc) is 2.21. The van der Waals surface area contributed by atoms with E-state index in [4.69, 9.17) is 11.1 Å². The largest absolute Gasteiger partial charge is 0.475 e. The predicted octanol–water partition coefficient (Wildman–Crippen LogP) is 2.58. The molecule has 1 atom stereocenters. The van der Waals surface area contributed by atoms with Crippen LogP contribution in [0.15, 0.2) is 12.1 Å². The Balaban J connectivity index is 3.08. The van der Waals surface area contributed by atoms with Crippen molar-refractivity contribution in [1.82, 2.24) is 0 Å². The van der Waals surface area contributed by atoms with Crippen molar-refractivity contribution < 1.29 is 26.7 Å². The van der Waals surface area contributed by atoms with Crippen molar-refractivity contribution in [3.05, 3.63) is 29.3 Å². The van der Waals surface area contributed by atoms with Crippen molar-refractivity contribution in [2.45, 2.75) is 19.2 Å². The topological polar surface area (TPSA) is 59.1 Å². The molecule has 100 valence electrons. The number of amidine groups is 1. The summed E-state index contributed by atoms with van der Waals surface area (Å²) in [4.78, 5) is 0. The predicted molar refractivity (Wildman–Crippen MR) is 53.5 cm³/mol. The molecule has 0 aliphatic carbocycles. The summed E-state index contributed by atoms with van der Waals surface area (Å²) >= 11 is 0. The second-order valence-corrected chi connectivity index (χ2v) is 3.48. The molecule has 8 heteroatoms. The molecule has 0 aliphatic heterocycles. The Morgan fingerprint density at radius 3 is 2.06 bits per heavy atom. The summed E-state index contributed by atoms with van der Waals surface area (Å²) in [6.07, 6.45) is -7.09. The first-order chi connectivity index (χ1) is 8.12. The van der Waals surface area contributed by atoms with Gasteiger partial charge in [0.1, 0.15) is 5.84 Å². The van der Waals surface area contributed by atoms with Gasteiger partial charge >= 0.3 is 6.18 Å². The zero-order chi connectivity index (χ0) is 14.1. The average molecular weight is 268 g/mol. The van der Waals surface area contributed by atoms with E-state index in [1.807, 2.05) is 0 Å². The summed E-state index contributed by atoms with van der Waals surface area (Å²) < 4.78 is 67.4. The first-order valence-electron chi connectivity index (χ1n) is 4.69. The molecule has 18 heavy (non-hydrogen) atoms. The smallest absolute Gasteiger partial charge is 0.425 e. The number of alkyl halides is 3. The van der Waals surface area contributed by atoms with Gasteiger partial charge in [-0.15, -0.1) is 0 Å². The Morgan fingerprint density at radius 2 is 1.72 bits per heavy atom. The minimum atomic E-state index is -4.74. The van der Waals surface area contributed by atoms with E-state index in [1.54, 1.807) is 0 Å². The van der Waals surface area contributed by atoms with Crippen LogP contribution in [0.5, 0.6) is 5.75 Å². The highest BCUT2D eigenvalue weighted by molar-refractivity contribution is 5.95. The molecule has 0 heterocycles. The quantitative estimate of drug-likeness (QED) is 0.503. The fourth-order valence-corrected chi connectivity index (χ4v) is 1.07. The van der Waals surface area contributed by atoms with E-state index in [2.05, 4.69) is 4.74 Å². The number of hydrogen-bond donors (Lipinski definition) is 2. The Labute approximate surface area is 98.9 Å². The highest BCUT2D eigenvalue weighted by Gasteiger charge is 2.39. The van der Waals surface area contributed by atoms with Crippen molar-refractivity contribution in [3.8, 4) is 5.75 Å². The molecule has 0 aromatic heterocycles. The molecule has 1 unspecified atom stereocenters. The number of nitrogens with one attached hydrogen (secondary N) is 1. The second-order valence-electron chi connectivity index (χ2n) is 3.48. The summed E-state index contributed by atoms with van der Waals surface area (Å²) in [5, 5.41) is 6.96. The van der Waals surface area contributed by atoms with Crippen molar-refractivity contribution in [2.75, 3.05) is 0 Å². The van der Waals surface area contributed by atoms with Gasteiger partial charge in [-0.25, -0.2) is 8.78 Å². The molecule has 3 nitrogen and oxygen atoms in total. The molecular formula is C10H9F5N2O. The van der Waals surface area contributed by atoms with E-state index < -0.39 is 35.5 Å². The third-order valence-electron chi connectivity index (χ3n) is 2.06. The molecule has 1 rings (SSSR count). The van der Waals surface area contributed by atoms with E-state index >= 15 is 0 Å². The summed E-state index contributed by atoms with van der Waals surface area (Å²) in [6.45, 7) is 0.623. The minimum Gasteiger partial charge on any atom is -0.475 e. The van der Waals surface area contributed by atoms with Gasteiger partial charge in [-0.05, 0) is 19.1 Å². The third kappa shape index (κ3) is 3.08. The van der Waals surface area contributed by atoms with Crippen LogP contribution in [-0.4, -0.2) is 18.1 Å². The fourth-order valence-electron chi connectivity index (χ4n) is 1.07. The lowest BCUT2D eigenvalue weighted by atomic mass is 10.2. The highest BCUT2D eigenvalue weighted by Crippen LogP contribution is 2.29. The number of rotatable bonds is 3. The number of nitrogen functional groups attached to an aromatic ring is 1. The molecule has 3 N–H and O–H groups in total. The van der Waals surface area contributed by atoms with Crippen LogP contribution in [0, 0.1) is 17.0 Å². The van der Waals surface area contributed by atoms with E-state index in [0.717, 1.165) is 0 Å². The number of benzene rings is 1. The van der Waals surface area contributed by atoms with Crippen LogP contribution >= 0.6 is 0 Å². The van der Waals surface area contributed by atoms with E-state index in [1.165, 1.54) is 0 Å². The zero-order valence-electron chi connectivity index (χ0n) is 9.11. The standard InChI is InChI=1S/C10H9F5N2O/c1-4(10(13,14)15)18-8-6(11)2-5(9(16)17)3-7(8)12/h2-4H,1H3,(H3,16,17). The molecule has 0 aliphatic rings. The SMILES string of the molecule is CC(Oc1c(F)cc(C(=N)N)cc1F)C(F)(F)F. The molecule has 0 radical (unpaired) electrons. The van der Waals surface area contributed by atoms with Crippen LogP contribution in [0.4, 0.5) is 22.0 Å². The van der Waals surface area contributed by atoms with Crippen molar-refractivity contribution in [2.24, 2.45) is 5.73 Å². The van der Waals surface area contributed by atoms with Crippen LogP contribution in [0.2, 0.25) is 0 Å². The first-order valence-corrected chi connectivity index (χ1v) is 4.69. The molecule has 0 amide bonds. The van der Waals surface area contributed by atoms with Gasteiger partial charge in [0.15, 0.2) is 23.5 Å². The molecule has 0 fully saturated rings. The summed E-state index contributed by atoms with van der Waals surface area (Å²) in [5.41, 5.74) is 4.72. The van der Waals surface area contributed by atoms with Crippen LogP contribution in [-0.2, 0) is 0 Å². The van der Waals surface area contributed by atoms with Crippen LogP contribution in [0.1, 0.15) is 12.5 Å². The van der Waals surface area contributed by atoms with Gasteiger partial charge in [0, 0.05) is 5.56 Å². The Bertz CT molecular complexity index is 449. The van der Waals surface area contributed by atoms with Gasteiger partial charge in [-0.2, -0.15) is 13.2 Å². The van der Waals surface area contributed by atoms with E-state index in [9.17, 15) is 22.0 Å². The zero-order valence-corrected chi connectivity index (χ0v) is 9.11. The Hall–Kier alpha value is -1.86. The maximum absolute atomic E-state index is 13.3. The maximum Gasteiger partial charge on any atom is 0.425 e. The van der Waals surface area contributed by atoms with Crippen LogP contribution in [0.25, 0.3) is 0 Å². The molecule has 1 aromatic rings. The molecule has 1 aromatic carbocycles. The molecular weight excluding hydrogens is 259 g/mol. The first kappa shape index (κ1) is 14.2. The van der Waals surface area contributed by atoms with Gasteiger partial charge in [0.25, 0.3) is 0 Å². The van der Waals surface area contributed by atoms with Gasteiger partial charge in [-0.1, -0.05) is 0 Å². The summed E-state index contributed by atoms with van der Waals surface area (Å²) in [7, 11) is 0. The Kier molecular flexibility index (Phi) is 3.78. The maximum atomic E-state index is 13.3. The lowest BCUT2D eigenvalue weighted by Crippen LogP contribution is -2.31. The monoisotopic (exact) mass is 268 g/mol. The lowest BCUT2D eigenvalue weighted by molar-refractivity contribution is -0.190. The van der Waals surface area contributed by atoms with Crippen LogP contribution < -0.4 is 10.5 Å². The molecule has 0 bridgehead atoms. The van der Waals surface area contributed by atoms with Gasteiger partial charge < -0.3 is 10.5 Å². The lowest BCUT2D eigenvalue weighted by Gasteiger charge is -2.18. The van der Waals surface area contributed by atoms with Crippen LogP contribution in [0.3, 0.4) is 0 Å².